The molecule has 0 aliphatic heterocycles. The topological polar surface area (TPSA) is 69.7 Å². The van der Waals surface area contributed by atoms with E-state index in [1.54, 1.807) is 32.4 Å². The molecule has 0 spiro atoms. The average molecular weight is 398 g/mol. The Morgan fingerprint density at radius 3 is 2.54 bits per heavy atom. The minimum atomic E-state index is -0.263. The van der Waals surface area contributed by atoms with Crippen LogP contribution in [0.5, 0.6) is 17.2 Å². The molecule has 1 amide bonds. The second kappa shape index (κ2) is 8.75. The number of nitrogens with zero attached hydrogens (tertiary/aromatic N) is 1. The molecular weight excluding hydrogens is 376 g/mol. The normalized spacial score (nSPS) is 10.4. The van der Waals surface area contributed by atoms with E-state index in [0.29, 0.717) is 28.8 Å². The van der Waals surface area contributed by atoms with Crippen LogP contribution < -0.4 is 19.5 Å². The molecule has 0 fully saturated rings. The van der Waals surface area contributed by atoms with Crippen molar-refractivity contribution in [1.82, 2.24) is 4.98 Å². The molecule has 7 heteroatoms. The second-order valence-corrected chi connectivity index (χ2v) is 6.85. The molecule has 28 heavy (non-hydrogen) atoms. The van der Waals surface area contributed by atoms with Gasteiger partial charge in [-0.05, 0) is 44.2 Å². The molecule has 0 atom stereocenters. The van der Waals surface area contributed by atoms with Crippen LogP contribution in [0.3, 0.4) is 0 Å². The Hall–Kier alpha value is -3.06. The lowest BCUT2D eigenvalue weighted by molar-refractivity contribution is 0.102. The summed E-state index contributed by atoms with van der Waals surface area (Å²) in [6.45, 7) is 4.37. The van der Waals surface area contributed by atoms with E-state index in [9.17, 15) is 4.79 Å². The number of anilines is 1. The second-order valence-electron chi connectivity index (χ2n) is 5.99. The maximum absolute atomic E-state index is 12.6. The van der Waals surface area contributed by atoms with Crippen molar-refractivity contribution < 1.29 is 19.0 Å². The number of carbonyl (C=O) groups is 1. The third-order valence-corrected chi connectivity index (χ3v) is 4.84. The van der Waals surface area contributed by atoms with Gasteiger partial charge in [0.25, 0.3) is 5.91 Å². The summed E-state index contributed by atoms with van der Waals surface area (Å²) in [5.41, 5.74) is 3.22. The Balaban J connectivity index is 1.81. The molecule has 0 bridgehead atoms. The number of methoxy groups -OCH3 is 2. The predicted molar refractivity (Wildman–Crippen MR) is 111 cm³/mol. The number of hydrogen-bond acceptors (Lipinski definition) is 6. The minimum Gasteiger partial charge on any atom is -0.496 e. The summed E-state index contributed by atoms with van der Waals surface area (Å²) in [6, 6.07) is 11.0. The van der Waals surface area contributed by atoms with Gasteiger partial charge in [-0.1, -0.05) is 11.6 Å². The number of ether oxygens (including phenoxy) is 3. The fourth-order valence-electron chi connectivity index (χ4n) is 2.73. The van der Waals surface area contributed by atoms with Crippen LogP contribution in [0.2, 0.25) is 0 Å². The first-order chi connectivity index (χ1) is 13.5. The fourth-order valence-corrected chi connectivity index (χ4v) is 3.44. The molecule has 0 saturated heterocycles. The van der Waals surface area contributed by atoms with Crippen molar-refractivity contribution in [1.29, 1.82) is 0 Å². The van der Waals surface area contributed by atoms with Crippen LogP contribution in [0.4, 0.5) is 5.13 Å². The van der Waals surface area contributed by atoms with Gasteiger partial charge in [0.15, 0.2) is 16.6 Å². The molecule has 3 aromatic rings. The first kappa shape index (κ1) is 19.7. The van der Waals surface area contributed by atoms with Crippen molar-refractivity contribution >= 4 is 22.4 Å². The summed E-state index contributed by atoms with van der Waals surface area (Å²) in [5.74, 6) is 1.59. The Morgan fingerprint density at radius 1 is 1.07 bits per heavy atom. The molecule has 0 aliphatic rings. The number of benzene rings is 2. The summed E-state index contributed by atoms with van der Waals surface area (Å²) >= 11 is 1.36. The van der Waals surface area contributed by atoms with Gasteiger partial charge in [0.05, 0.1) is 26.5 Å². The number of amides is 1. The van der Waals surface area contributed by atoms with Crippen LogP contribution in [0.15, 0.2) is 41.8 Å². The van der Waals surface area contributed by atoms with E-state index in [1.807, 2.05) is 37.4 Å². The smallest absolute Gasteiger partial charge is 0.257 e. The standard InChI is InChI=1S/C21H22N2O4S/c1-5-27-19-11-14(7-9-18(19)26-4)20(24)23-21-22-16(12-28-21)15-10-13(2)6-8-17(15)25-3/h6-12H,5H2,1-4H3,(H,22,23,24). The zero-order chi connectivity index (χ0) is 20.1. The van der Waals surface area contributed by atoms with Crippen LogP contribution in [-0.4, -0.2) is 31.7 Å². The van der Waals surface area contributed by atoms with Gasteiger partial charge in [-0.2, -0.15) is 0 Å². The highest BCUT2D eigenvalue weighted by Crippen LogP contribution is 2.33. The monoisotopic (exact) mass is 398 g/mol. The van der Waals surface area contributed by atoms with Gasteiger partial charge in [-0.15, -0.1) is 11.3 Å². The summed E-state index contributed by atoms with van der Waals surface area (Å²) in [5, 5.41) is 5.25. The number of rotatable bonds is 7. The molecule has 0 aliphatic carbocycles. The number of hydrogen-bond donors (Lipinski definition) is 1. The number of aryl methyl sites for hydroxylation is 1. The van der Waals surface area contributed by atoms with E-state index < -0.39 is 0 Å². The van der Waals surface area contributed by atoms with E-state index >= 15 is 0 Å². The molecule has 3 rings (SSSR count). The summed E-state index contributed by atoms with van der Waals surface area (Å²) in [7, 11) is 3.19. The molecule has 146 valence electrons. The molecule has 6 nitrogen and oxygen atoms in total. The van der Waals surface area contributed by atoms with Crippen LogP contribution >= 0.6 is 11.3 Å². The molecule has 1 heterocycles. The Morgan fingerprint density at radius 2 is 1.82 bits per heavy atom. The molecule has 2 aromatic carbocycles. The zero-order valence-corrected chi connectivity index (χ0v) is 17.1. The summed E-state index contributed by atoms with van der Waals surface area (Å²) in [6.07, 6.45) is 0. The van der Waals surface area contributed by atoms with E-state index in [2.05, 4.69) is 10.3 Å². The van der Waals surface area contributed by atoms with Gasteiger partial charge in [0.2, 0.25) is 0 Å². The van der Waals surface area contributed by atoms with E-state index in [4.69, 9.17) is 14.2 Å². The summed E-state index contributed by atoms with van der Waals surface area (Å²) < 4.78 is 16.2. The Bertz CT molecular complexity index is 984. The van der Waals surface area contributed by atoms with Crippen molar-refractivity contribution in [3.63, 3.8) is 0 Å². The molecule has 1 N–H and O–H groups in total. The van der Waals surface area contributed by atoms with Gasteiger partial charge in [0.1, 0.15) is 5.75 Å². The van der Waals surface area contributed by atoms with Crippen molar-refractivity contribution in [2.45, 2.75) is 13.8 Å². The van der Waals surface area contributed by atoms with Gasteiger partial charge < -0.3 is 14.2 Å². The number of nitrogens with one attached hydrogen (secondary N) is 1. The zero-order valence-electron chi connectivity index (χ0n) is 16.2. The lowest BCUT2D eigenvalue weighted by atomic mass is 10.1. The van der Waals surface area contributed by atoms with Crippen LogP contribution in [0.1, 0.15) is 22.8 Å². The minimum absolute atomic E-state index is 0.263. The van der Waals surface area contributed by atoms with Gasteiger partial charge >= 0.3 is 0 Å². The maximum atomic E-state index is 12.6. The predicted octanol–water partition coefficient (Wildman–Crippen LogP) is 4.79. The van der Waals surface area contributed by atoms with E-state index in [0.717, 1.165) is 22.6 Å². The van der Waals surface area contributed by atoms with E-state index in [-0.39, 0.29) is 5.91 Å². The Labute approximate surface area is 168 Å². The number of aromatic nitrogens is 1. The number of carbonyl (C=O) groups excluding carboxylic acids is 1. The largest absolute Gasteiger partial charge is 0.496 e. The summed E-state index contributed by atoms with van der Waals surface area (Å²) in [4.78, 5) is 17.2. The number of thiazole rings is 1. The lowest BCUT2D eigenvalue weighted by Crippen LogP contribution is -2.12. The van der Waals surface area contributed by atoms with Crippen LogP contribution in [0.25, 0.3) is 11.3 Å². The highest BCUT2D eigenvalue weighted by molar-refractivity contribution is 7.14. The first-order valence-corrected chi connectivity index (χ1v) is 9.66. The van der Waals surface area contributed by atoms with Gasteiger partial charge in [-0.25, -0.2) is 4.98 Å². The molecular formula is C21H22N2O4S. The highest BCUT2D eigenvalue weighted by atomic mass is 32.1. The molecule has 0 unspecified atom stereocenters. The van der Waals surface area contributed by atoms with Crippen molar-refractivity contribution in [3.05, 3.63) is 52.9 Å². The molecule has 0 radical (unpaired) electrons. The van der Waals surface area contributed by atoms with Gasteiger partial charge in [0, 0.05) is 16.5 Å². The maximum Gasteiger partial charge on any atom is 0.257 e. The fraction of sp³-hybridized carbons (Fsp3) is 0.238. The van der Waals surface area contributed by atoms with Crippen molar-refractivity contribution in [2.75, 3.05) is 26.1 Å². The van der Waals surface area contributed by atoms with Gasteiger partial charge in [-0.3, -0.25) is 10.1 Å². The third-order valence-electron chi connectivity index (χ3n) is 4.08. The first-order valence-electron chi connectivity index (χ1n) is 8.78. The SMILES string of the molecule is CCOc1cc(C(=O)Nc2nc(-c3cc(C)ccc3OC)cs2)ccc1OC. The third kappa shape index (κ3) is 4.26. The molecule has 1 aromatic heterocycles. The van der Waals surface area contributed by atoms with Crippen molar-refractivity contribution in [3.8, 4) is 28.5 Å². The van der Waals surface area contributed by atoms with E-state index in [1.165, 1.54) is 11.3 Å². The van der Waals surface area contributed by atoms with Crippen LogP contribution in [0, 0.1) is 6.92 Å². The van der Waals surface area contributed by atoms with Crippen molar-refractivity contribution in [2.24, 2.45) is 0 Å². The van der Waals surface area contributed by atoms with Crippen LogP contribution in [-0.2, 0) is 0 Å². The highest BCUT2D eigenvalue weighted by Gasteiger charge is 2.15. The Kier molecular flexibility index (Phi) is 6.16. The average Bonchev–Trinajstić information content (AvgIpc) is 3.16. The quantitative estimate of drug-likeness (QED) is 0.620. The molecule has 0 saturated carbocycles. The lowest BCUT2D eigenvalue weighted by Gasteiger charge is -2.10.